The Morgan fingerprint density at radius 3 is 2.54 bits per heavy atom. The Bertz CT molecular complexity index is 684. The van der Waals surface area contributed by atoms with Crippen LogP contribution in [0.15, 0.2) is 30.5 Å². The van der Waals surface area contributed by atoms with Gasteiger partial charge in [0.25, 0.3) is 0 Å². The van der Waals surface area contributed by atoms with Gasteiger partial charge < -0.3 is 14.2 Å². The van der Waals surface area contributed by atoms with Crippen molar-refractivity contribution in [1.82, 2.24) is 4.98 Å². The molecule has 0 spiro atoms. The first kappa shape index (κ1) is 21.9. The van der Waals surface area contributed by atoms with E-state index in [4.69, 9.17) is 14.2 Å². The fraction of sp³-hybridized carbons (Fsp3) is 0.591. The van der Waals surface area contributed by atoms with Crippen LogP contribution in [0.4, 0.5) is 0 Å². The number of rotatable bonds is 8. The van der Waals surface area contributed by atoms with Crippen LogP contribution in [0.25, 0.3) is 0 Å². The molecule has 0 amide bonds. The highest BCUT2D eigenvalue weighted by Crippen LogP contribution is 2.45. The number of hydrogen-bond donors (Lipinski definition) is 0. The van der Waals surface area contributed by atoms with Gasteiger partial charge in [0.1, 0.15) is 5.60 Å². The molecular weight excluding hydrogens is 358 g/mol. The Labute approximate surface area is 167 Å². The Kier molecular flexibility index (Phi) is 7.61. The number of carbonyl (C=O) groups excluding carboxylic acids is 2. The summed E-state index contributed by atoms with van der Waals surface area (Å²) in [4.78, 5) is 28.2. The molecule has 1 aliphatic rings. The van der Waals surface area contributed by atoms with E-state index in [-0.39, 0.29) is 17.9 Å². The summed E-state index contributed by atoms with van der Waals surface area (Å²) in [6, 6.07) is 3.77. The molecule has 1 aliphatic carbocycles. The average Bonchev–Trinajstić information content (AvgIpc) is 2.58. The molecule has 0 N–H and O–H groups in total. The van der Waals surface area contributed by atoms with Crippen LogP contribution in [0.2, 0.25) is 0 Å². The van der Waals surface area contributed by atoms with Crippen molar-refractivity contribution < 1.29 is 23.8 Å². The first-order chi connectivity index (χ1) is 13.2. The lowest BCUT2D eigenvalue weighted by Gasteiger charge is -2.39. The summed E-state index contributed by atoms with van der Waals surface area (Å²) in [5.41, 5.74) is 0.495. The monoisotopic (exact) mass is 389 g/mol. The largest absolute Gasteiger partial charge is 0.481 e. The van der Waals surface area contributed by atoms with Gasteiger partial charge >= 0.3 is 11.9 Å². The molecule has 0 aromatic carbocycles. The lowest BCUT2D eigenvalue weighted by Crippen LogP contribution is -2.31. The van der Waals surface area contributed by atoms with Crippen molar-refractivity contribution in [2.75, 3.05) is 13.7 Å². The minimum atomic E-state index is -0.510. The maximum absolute atomic E-state index is 12.4. The second-order valence-corrected chi connectivity index (χ2v) is 8.13. The van der Waals surface area contributed by atoms with Crippen molar-refractivity contribution in [3.8, 4) is 5.88 Å². The molecule has 2 rings (SSSR count). The van der Waals surface area contributed by atoms with Crippen molar-refractivity contribution in [1.29, 1.82) is 0 Å². The molecule has 154 valence electrons. The molecule has 1 aromatic heterocycles. The normalized spacial score (nSPS) is 20.3. The topological polar surface area (TPSA) is 74.7 Å². The number of nitrogens with zero attached hydrogens (tertiary/aromatic N) is 1. The van der Waals surface area contributed by atoms with Crippen molar-refractivity contribution in [3.05, 3.63) is 36.0 Å². The molecule has 1 aromatic rings. The van der Waals surface area contributed by atoms with Crippen molar-refractivity contribution in [2.45, 2.75) is 58.5 Å². The van der Waals surface area contributed by atoms with Gasteiger partial charge in [0.15, 0.2) is 0 Å². The number of pyridine rings is 1. The number of hydrogen-bond acceptors (Lipinski definition) is 6. The first-order valence-electron chi connectivity index (χ1n) is 9.78. The summed E-state index contributed by atoms with van der Waals surface area (Å²) in [5.74, 6) is 0.708. The van der Waals surface area contributed by atoms with E-state index >= 15 is 0 Å². The molecule has 0 radical (unpaired) electrons. The number of allylic oxidation sites excluding steroid dienone is 1. The van der Waals surface area contributed by atoms with Crippen molar-refractivity contribution in [3.63, 3.8) is 0 Å². The van der Waals surface area contributed by atoms with Gasteiger partial charge in [-0.15, -0.1) is 0 Å². The highest BCUT2D eigenvalue weighted by atomic mass is 16.6. The van der Waals surface area contributed by atoms with E-state index < -0.39 is 5.60 Å². The van der Waals surface area contributed by atoms with E-state index in [2.05, 4.69) is 4.98 Å². The zero-order valence-electron chi connectivity index (χ0n) is 17.4. The van der Waals surface area contributed by atoms with Gasteiger partial charge in [0.05, 0.1) is 20.1 Å². The highest BCUT2D eigenvalue weighted by Gasteiger charge is 2.36. The molecule has 6 heteroatoms. The minimum absolute atomic E-state index is 0.0282. The van der Waals surface area contributed by atoms with E-state index in [0.717, 1.165) is 18.4 Å². The third kappa shape index (κ3) is 6.66. The Morgan fingerprint density at radius 1 is 1.29 bits per heavy atom. The molecular formula is C22H31NO5. The summed E-state index contributed by atoms with van der Waals surface area (Å²) < 4.78 is 15.6. The zero-order chi connectivity index (χ0) is 20.7. The van der Waals surface area contributed by atoms with Crippen LogP contribution in [0, 0.1) is 11.8 Å². The second kappa shape index (κ2) is 9.71. The van der Waals surface area contributed by atoms with Crippen LogP contribution in [-0.2, 0) is 19.1 Å². The number of esters is 2. The van der Waals surface area contributed by atoms with Gasteiger partial charge in [-0.05, 0) is 63.9 Å². The molecule has 1 saturated carbocycles. The second-order valence-electron chi connectivity index (χ2n) is 8.13. The lowest BCUT2D eigenvalue weighted by molar-refractivity contribution is -0.156. The van der Waals surface area contributed by atoms with E-state index in [9.17, 15) is 9.59 Å². The minimum Gasteiger partial charge on any atom is -0.481 e. The molecule has 28 heavy (non-hydrogen) atoms. The van der Waals surface area contributed by atoms with Crippen LogP contribution < -0.4 is 4.74 Å². The molecule has 6 nitrogen and oxygen atoms in total. The highest BCUT2D eigenvalue weighted by molar-refractivity contribution is 5.81. The van der Waals surface area contributed by atoms with E-state index in [0.29, 0.717) is 30.7 Å². The summed E-state index contributed by atoms with van der Waals surface area (Å²) in [6.45, 7) is 7.77. The molecule has 1 heterocycles. The Hall–Kier alpha value is -2.37. The smallest absolute Gasteiger partial charge is 0.330 e. The Morgan fingerprint density at radius 2 is 2.00 bits per heavy atom. The predicted octanol–water partition coefficient (Wildman–Crippen LogP) is 4.05. The quantitative estimate of drug-likeness (QED) is 0.493. The number of ether oxygens (including phenoxy) is 3. The van der Waals surface area contributed by atoms with Gasteiger partial charge in [-0.1, -0.05) is 12.1 Å². The summed E-state index contributed by atoms with van der Waals surface area (Å²) >= 11 is 0. The molecule has 1 unspecified atom stereocenters. The standard InChI is InChI=1S/C22H31NO5/c1-6-27-20(24)10-7-15-11-17(12-15)18(13-21(25)28-22(2,3)4)16-8-9-19(26-5)23-14-16/h7-10,14-15,17-18H,6,11-13H2,1-5H3/b10-7+. The lowest BCUT2D eigenvalue weighted by atomic mass is 9.66. The summed E-state index contributed by atoms with van der Waals surface area (Å²) in [7, 11) is 1.58. The maximum atomic E-state index is 12.4. The first-order valence-corrected chi connectivity index (χ1v) is 9.78. The van der Waals surface area contributed by atoms with Crippen LogP contribution >= 0.6 is 0 Å². The SMILES string of the molecule is CCOC(=O)/C=C/C1CC(C(CC(=O)OC(C)(C)C)c2ccc(OC)nc2)C1. The Balaban J connectivity index is 2.05. The van der Waals surface area contributed by atoms with E-state index in [1.165, 1.54) is 6.08 Å². The van der Waals surface area contributed by atoms with Crippen LogP contribution in [-0.4, -0.2) is 36.2 Å². The summed E-state index contributed by atoms with van der Waals surface area (Å²) in [6.07, 6.45) is 7.32. The molecule has 0 bridgehead atoms. The predicted molar refractivity (Wildman–Crippen MR) is 106 cm³/mol. The van der Waals surface area contributed by atoms with Crippen molar-refractivity contribution in [2.24, 2.45) is 11.8 Å². The van der Waals surface area contributed by atoms with Gasteiger partial charge in [0, 0.05) is 18.3 Å². The number of methoxy groups -OCH3 is 1. The van der Waals surface area contributed by atoms with Crippen LogP contribution in [0.5, 0.6) is 5.88 Å². The van der Waals surface area contributed by atoms with Gasteiger partial charge in [-0.25, -0.2) is 9.78 Å². The zero-order valence-corrected chi connectivity index (χ0v) is 17.4. The van der Waals surface area contributed by atoms with Crippen LogP contribution in [0.3, 0.4) is 0 Å². The number of carbonyl (C=O) groups is 2. The van der Waals surface area contributed by atoms with Gasteiger partial charge in [-0.2, -0.15) is 0 Å². The van der Waals surface area contributed by atoms with E-state index in [1.54, 1.807) is 20.2 Å². The van der Waals surface area contributed by atoms with Gasteiger partial charge in [0.2, 0.25) is 5.88 Å². The molecule has 1 fully saturated rings. The fourth-order valence-electron chi connectivity index (χ4n) is 3.45. The number of aromatic nitrogens is 1. The maximum Gasteiger partial charge on any atom is 0.330 e. The molecule has 0 saturated heterocycles. The van der Waals surface area contributed by atoms with Gasteiger partial charge in [-0.3, -0.25) is 4.79 Å². The van der Waals surface area contributed by atoms with E-state index in [1.807, 2.05) is 39.0 Å². The summed E-state index contributed by atoms with van der Waals surface area (Å²) in [5, 5.41) is 0. The molecule has 1 atom stereocenters. The fourth-order valence-corrected chi connectivity index (χ4v) is 3.45. The van der Waals surface area contributed by atoms with Crippen LogP contribution in [0.1, 0.15) is 58.4 Å². The third-order valence-electron chi connectivity index (χ3n) is 4.77. The van der Waals surface area contributed by atoms with Crippen molar-refractivity contribution >= 4 is 11.9 Å². The third-order valence-corrected chi connectivity index (χ3v) is 4.77. The average molecular weight is 389 g/mol. The molecule has 0 aliphatic heterocycles.